The van der Waals surface area contributed by atoms with Gasteiger partial charge in [-0.05, 0) is 19.8 Å². The molecule has 0 N–H and O–H groups in total. The molecule has 30 heavy (non-hydrogen) atoms. The van der Waals surface area contributed by atoms with Gasteiger partial charge in [-0.25, -0.2) is 13.1 Å². The lowest BCUT2D eigenvalue weighted by Gasteiger charge is -2.35. The third kappa shape index (κ3) is 3.60. The van der Waals surface area contributed by atoms with Crippen molar-refractivity contribution in [2.24, 2.45) is 0 Å². The van der Waals surface area contributed by atoms with Crippen LogP contribution in [-0.2, 0) is 14.8 Å². The maximum atomic E-state index is 12.9. The van der Waals surface area contributed by atoms with Crippen LogP contribution in [-0.4, -0.2) is 69.6 Å². The number of hydrogen-bond donors (Lipinski definition) is 0. The summed E-state index contributed by atoms with van der Waals surface area (Å²) in [5, 5.41) is 7.51. The maximum Gasteiger partial charge on any atom is 0.333 e. The summed E-state index contributed by atoms with van der Waals surface area (Å²) in [6.07, 6.45) is 2.44. The Bertz CT molecular complexity index is 1040. The standard InChI is InChI=1S/C17H22F2N6O4S/c1-10-14(7-20-25(10)17(18)19)30(27,28)24-8-13(9-24)16-21-15(22-29-16)12-3-5-23(6-4-12)11(2)26/h7,12-13,17H,3-6,8-9H2,1-2H3. The summed E-state index contributed by atoms with van der Waals surface area (Å²) in [5.74, 6) is 0.839. The zero-order valence-electron chi connectivity index (χ0n) is 16.5. The summed E-state index contributed by atoms with van der Waals surface area (Å²) < 4.78 is 58.1. The van der Waals surface area contributed by atoms with Crippen LogP contribution in [0.4, 0.5) is 8.78 Å². The topological polar surface area (TPSA) is 114 Å². The van der Waals surface area contributed by atoms with Crippen molar-refractivity contribution < 1.29 is 26.5 Å². The molecule has 4 heterocycles. The highest BCUT2D eigenvalue weighted by Gasteiger charge is 2.42. The van der Waals surface area contributed by atoms with E-state index in [2.05, 4.69) is 15.2 Å². The average molecular weight is 444 g/mol. The molecule has 2 aromatic rings. The van der Waals surface area contributed by atoms with E-state index in [0.29, 0.717) is 29.5 Å². The Labute approximate surface area is 171 Å². The molecule has 2 fully saturated rings. The lowest BCUT2D eigenvalue weighted by atomic mass is 9.96. The van der Waals surface area contributed by atoms with Gasteiger partial charge in [-0.1, -0.05) is 5.16 Å². The quantitative estimate of drug-likeness (QED) is 0.686. The molecule has 0 saturated carbocycles. The second-order valence-electron chi connectivity index (χ2n) is 7.61. The Morgan fingerprint density at radius 2 is 1.90 bits per heavy atom. The van der Waals surface area contributed by atoms with Gasteiger partial charge in [0.1, 0.15) is 4.90 Å². The number of alkyl halides is 2. The van der Waals surface area contributed by atoms with Gasteiger partial charge in [-0.2, -0.15) is 23.2 Å². The molecule has 0 radical (unpaired) electrons. The van der Waals surface area contributed by atoms with Gasteiger partial charge in [0.15, 0.2) is 5.82 Å². The van der Waals surface area contributed by atoms with Gasteiger partial charge in [0, 0.05) is 39.0 Å². The van der Waals surface area contributed by atoms with Gasteiger partial charge >= 0.3 is 6.55 Å². The number of piperidine rings is 1. The highest BCUT2D eigenvalue weighted by atomic mass is 32.2. The predicted molar refractivity (Wildman–Crippen MR) is 98.2 cm³/mol. The monoisotopic (exact) mass is 444 g/mol. The van der Waals surface area contributed by atoms with Crippen molar-refractivity contribution in [2.45, 2.75) is 50.0 Å². The molecule has 0 aliphatic carbocycles. The van der Waals surface area contributed by atoms with E-state index in [1.165, 1.54) is 11.2 Å². The van der Waals surface area contributed by atoms with Gasteiger partial charge in [-0.3, -0.25) is 4.79 Å². The summed E-state index contributed by atoms with van der Waals surface area (Å²) >= 11 is 0. The van der Waals surface area contributed by atoms with Gasteiger partial charge in [-0.15, -0.1) is 0 Å². The van der Waals surface area contributed by atoms with Crippen molar-refractivity contribution in [3.63, 3.8) is 0 Å². The number of nitrogens with zero attached hydrogens (tertiary/aromatic N) is 6. The molecule has 4 rings (SSSR count). The lowest BCUT2D eigenvalue weighted by molar-refractivity contribution is -0.129. The fourth-order valence-electron chi connectivity index (χ4n) is 3.82. The Balaban J connectivity index is 1.39. The van der Waals surface area contributed by atoms with E-state index < -0.39 is 16.6 Å². The SMILES string of the molecule is CC(=O)N1CCC(c2noc(C3CN(S(=O)(=O)c4cnn(C(F)F)c4C)C3)n2)CC1. The number of carbonyl (C=O) groups excluding carboxylic acids is 1. The van der Waals surface area contributed by atoms with Crippen LogP contribution in [0.5, 0.6) is 0 Å². The lowest BCUT2D eigenvalue weighted by Crippen LogP contribution is -2.48. The second-order valence-corrected chi connectivity index (χ2v) is 9.51. The molecule has 1 amide bonds. The van der Waals surface area contributed by atoms with E-state index in [-0.39, 0.29) is 41.4 Å². The van der Waals surface area contributed by atoms with E-state index in [1.807, 2.05) is 0 Å². The molecule has 0 aromatic carbocycles. The normalized spacial score (nSPS) is 19.4. The molecule has 0 spiro atoms. The third-order valence-electron chi connectivity index (χ3n) is 5.76. The Kier molecular flexibility index (Phi) is 5.34. The van der Waals surface area contributed by atoms with E-state index in [0.717, 1.165) is 19.0 Å². The van der Waals surface area contributed by atoms with Crippen LogP contribution < -0.4 is 0 Å². The fraction of sp³-hybridized carbons (Fsp3) is 0.647. The van der Waals surface area contributed by atoms with Crippen molar-refractivity contribution >= 4 is 15.9 Å². The summed E-state index contributed by atoms with van der Waals surface area (Å²) in [7, 11) is -3.93. The largest absolute Gasteiger partial charge is 0.343 e. The molecule has 2 aromatic heterocycles. The minimum absolute atomic E-state index is 0.0485. The molecule has 0 unspecified atom stereocenters. The first-order valence-corrected chi connectivity index (χ1v) is 11.0. The first kappa shape index (κ1) is 20.8. The van der Waals surface area contributed by atoms with Crippen molar-refractivity contribution in [3.05, 3.63) is 23.6 Å². The van der Waals surface area contributed by atoms with Crippen LogP contribution in [0.15, 0.2) is 15.6 Å². The van der Waals surface area contributed by atoms with Crippen LogP contribution in [0, 0.1) is 6.92 Å². The van der Waals surface area contributed by atoms with Crippen LogP contribution >= 0.6 is 0 Å². The molecule has 0 bridgehead atoms. The second kappa shape index (κ2) is 7.69. The Morgan fingerprint density at radius 3 is 2.47 bits per heavy atom. The molecule has 13 heteroatoms. The highest BCUT2D eigenvalue weighted by Crippen LogP contribution is 2.34. The first-order chi connectivity index (χ1) is 14.2. The highest BCUT2D eigenvalue weighted by molar-refractivity contribution is 7.89. The van der Waals surface area contributed by atoms with Gasteiger partial charge in [0.2, 0.25) is 21.8 Å². The number of likely N-dealkylation sites (tertiary alicyclic amines) is 1. The number of hydrogen-bond acceptors (Lipinski definition) is 7. The van der Waals surface area contributed by atoms with E-state index >= 15 is 0 Å². The van der Waals surface area contributed by atoms with Crippen LogP contribution in [0.25, 0.3) is 0 Å². The molecule has 10 nitrogen and oxygen atoms in total. The Hall–Kier alpha value is -2.41. The third-order valence-corrected chi connectivity index (χ3v) is 7.70. The van der Waals surface area contributed by atoms with Crippen molar-refractivity contribution in [1.29, 1.82) is 0 Å². The minimum Gasteiger partial charge on any atom is -0.343 e. The zero-order valence-corrected chi connectivity index (χ0v) is 17.3. The van der Waals surface area contributed by atoms with Crippen LogP contribution in [0.3, 0.4) is 0 Å². The first-order valence-electron chi connectivity index (χ1n) is 9.60. The average Bonchev–Trinajstić information content (AvgIpc) is 3.27. The van der Waals surface area contributed by atoms with E-state index in [4.69, 9.17) is 4.52 Å². The smallest absolute Gasteiger partial charge is 0.333 e. The van der Waals surface area contributed by atoms with Crippen molar-refractivity contribution in [3.8, 4) is 0 Å². The molecule has 2 aliphatic rings. The van der Waals surface area contributed by atoms with Crippen LogP contribution in [0.1, 0.15) is 55.6 Å². The van der Waals surface area contributed by atoms with E-state index in [9.17, 15) is 22.0 Å². The maximum absolute atomic E-state index is 12.9. The number of aromatic nitrogens is 4. The molecular formula is C17H22F2N6O4S. The molecule has 2 aliphatic heterocycles. The molecular weight excluding hydrogens is 422 g/mol. The van der Waals surface area contributed by atoms with Crippen molar-refractivity contribution in [1.82, 2.24) is 29.1 Å². The van der Waals surface area contributed by atoms with Gasteiger partial charge < -0.3 is 9.42 Å². The Morgan fingerprint density at radius 1 is 1.23 bits per heavy atom. The van der Waals surface area contributed by atoms with E-state index in [1.54, 1.807) is 11.8 Å². The number of amides is 1. The number of sulfonamides is 1. The number of halogens is 2. The summed E-state index contributed by atoms with van der Waals surface area (Å²) in [5.41, 5.74) is -0.106. The molecule has 2 saturated heterocycles. The fourth-order valence-corrected chi connectivity index (χ4v) is 5.50. The number of rotatable bonds is 5. The summed E-state index contributed by atoms with van der Waals surface area (Å²) in [6.45, 7) is 1.49. The minimum atomic E-state index is -3.93. The van der Waals surface area contributed by atoms with Crippen LogP contribution in [0.2, 0.25) is 0 Å². The predicted octanol–water partition coefficient (Wildman–Crippen LogP) is 1.48. The summed E-state index contributed by atoms with van der Waals surface area (Å²) in [6, 6.07) is 0. The number of carbonyl (C=O) groups is 1. The van der Waals surface area contributed by atoms with Crippen molar-refractivity contribution in [2.75, 3.05) is 26.2 Å². The van der Waals surface area contributed by atoms with Gasteiger partial charge in [0.05, 0.1) is 17.8 Å². The molecule has 0 atom stereocenters. The summed E-state index contributed by atoms with van der Waals surface area (Å²) in [4.78, 5) is 17.4. The molecule has 164 valence electrons. The van der Waals surface area contributed by atoms with Gasteiger partial charge in [0.25, 0.3) is 0 Å². The zero-order chi connectivity index (χ0) is 21.6.